The maximum Gasteiger partial charge on any atom is 0.187 e. The standard InChI is InChI=1S/C29H54O16/c1-31-13-18-22(37-7)24(39-9)26(40-10)29(44-18)45-25-23(38-8)19(14-32-2)43-28(27(25)41-11)42-15-17(34-4)21(36-6)20(35-5)16(12-30)33-3/h12,16-29H,13-15H2,1-11H3/t16-,17+,18+,19+,20+,21+,22+,23+,24-,25-,26+,27+,28+,29-/m0/s1. The van der Waals surface area contributed by atoms with Crippen LogP contribution in [-0.4, -0.2) is 190 Å². The van der Waals surface area contributed by atoms with E-state index in [1.165, 1.54) is 49.8 Å². The largest absolute Gasteiger partial charge is 0.382 e. The molecule has 2 aliphatic heterocycles. The molecule has 0 radical (unpaired) electrons. The highest BCUT2D eigenvalue weighted by molar-refractivity contribution is 5.57. The lowest BCUT2D eigenvalue weighted by Crippen LogP contribution is -2.66. The molecular weight excluding hydrogens is 604 g/mol. The Balaban J connectivity index is 2.39. The highest BCUT2D eigenvalue weighted by atomic mass is 16.8. The van der Waals surface area contributed by atoms with Gasteiger partial charge >= 0.3 is 0 Å². The van der Waals surface area contributed by atoms with E-state index in [0.29, 0.717) is 6.29 Å². The molecule has 2 rings (SSSR count). The number of hydrogen-bond acceptors (Lipinski definition) is 16. The van der Waals surface area contributed by atoms with E-state index in [1.54, 1.807) is 28.4 Å². The quantitative estimate of drug-likeness (QED) is 0.137. The third-order valence-electron chi connectivity index (χ3n) is 8.19. The lowest BCUT2D eigenvalue weighted by Gasteiger charge is -2.49. The predicted octanol–water partition coefficient (Wildman–Crippen LogP) is -0.535. The third-order valence-corrected chi connectivity index (χ3v) is 8.19. The zero-order valence-electron chi connectivity index (χ0n) is 28.3. The smallest absolute Gasteiger partial charge is 0.187 e. The topological polar surface area (TPSA) is 156 Å². The Morgan fingerprint density at radius 3 is 1.47 bits per heavy atom. The molecule has 0 bridgehead atoms. The number of carbonyl (C=O) groups excluding carboxylic acids is 1. The van der Waals surface area contributed by atoms with Crippen molar-refractivity contribution in [2.75, 3.05) is 98.0 Å². The first kappa shape index (κ1) is 40.2. The van der Waals surface area contributed by atoms with Crippen molar-refractivity contribution in [1.82, 2.24) is 0 Å². The number of hydrogen-bond donors (Lipinski definition) is 0. The Morgan fingerprint density at radius 1 is 0.556 bits per heavy atom. The van der Waals surface area contributed by atoms with Crippen molar-refractivity contribution in [3.8, 4) is 0 Å². The van der Waals surface area contributed by atoms with Gasteiger partial charge in [0.05, 0.1) is 19.8 Å². The molecule has 45 heavy (non-hydrogen) atoms. The first-order valence-corrected chi connectivity index (χ1v) is 14.6. The molecule has 266 valence electrons. The van der Waals surface area contributed by atoms with E-state index < -0.39 is 85.8 Å². The molecular formula is C29H54O16. The Kier molecular flexibility index (Phi) is 18.9. The van der Waals surface area contributed by atoms with Gasteiger partial charge in [0.2, 0.25) is 0 Å². The second-order valence-electron chi connectivity index (χ2n) is 10.4. The van der Waals surface area contributed by atoms with E-state index >= 15 is 0 Å². The van der Waals surface area contributed by atoms with E-state index in [1.807, 2.05) is 0 Å². The van der Waals surface area contributed by atoms with Gasteiger partial charge in [-0.2, -0.15) is 0 Å². The van der Waals surface area contributed by atoms with Crippen molar-refractivity contribution < 1.29 is 75.8 Å². The molecule has 2 heterocycles. The van der Waals surface area contributed by atoms with Crippen LogP contribution in [0.3, 0.4) is 0 Å². The summed E-state index contributed by atoms with van der Waals surface area (Å²) in [7, 11) is 16.7. The van der Waals surface area contributed by atoms with Crippen LogP contribution in [0.1, 0.15) is 0 Å². The van der Waals surface area contributed by atoms with Gasteiger partial charge in [0.15, 0.2) is 18.9 Å². The highest BCUT2D eigenvalue weighted by Crippen LogP contribution is 2.34. The molecule has 0 unspecified atom stereocenters. The Bertz CT molecular complexity index is 793. The van der Waals surface area contributed by atoms with E-state index in [4.69, 9.17) is 71.1 Å². The maximum absolute atomic E-state index is 11.6. The summed E-state index contributed by atoms with van der Waals surface area (Å²) >= 11 is 0. The van der Waals surface area contributed by atoms with Gasteiger partial charge in [0.25, 0.3) is 0 Å². The lowest BCUT2D eigenvalue weighted by molar-refractivity contribution is -0.369. The average Bonchev–Trinajstić information content (AvgIpc) is 3.05. The first-order chi connectivity index (χ1) is 21.8. The maximum atomic E-state index is 11.6. The minimum atomic E-state index is -0.990. The van der Waals surface area contributed by atoms with Crippen LogP contribution >= 0.6 is 0 Å². The van der Waals surface area contributed by atoms with Gasteiger partial charge in [-0.05, 0) is 0 Å². The van der Waals surface area contributed by atoms with Crippen LogP contribution in [0, 0.1) is 0 Å². The molecule has 0 amide bonds. The van der Waals surface area contributed by atoms with Gasteiger partial charge in [-0.1, -0.05) is 0 Å². The van der Waals surface area contributed by atoms with E-state index in [9.17, 15) is 4.79 Å². The Morgan fingerprint density at radius 2 is 1.04 bits per heavy atom. The van der Waals surface area contributed by atoms with Crippen LogP contribution in [-0.2, 0) is 75.8 Å². The Labute approximate surface area is 266 Å². The summed E-state index contributed by atoms with van der Waals surface area (Å²) in [5.74, 6) is 0. The average molecular weight is 659 g/mol. The van der Waals surface area contributed by atoms with Crippen molar-refractivity contribution in [2.24, 2.45) is 0 Å². The van der Waals surface area contributed by atoms with E-state index in [2.05, 4.69) is 0 Å². The molecule has 0 aromatic heterocycles. The number of carbonyl (C=O) groups is 1. The molecule has 0 spiro atoms. The van der Waals surface area contributed by atoms with Crippen LogP contribution < -0.4 is 0 Å². The van der Waals surface area contributed by atoms with Gasteiger partial charge in [0, 0.05) is 78.2 Å². The summed E-state index contributed by atoms with van der Waals surface area (Å²) in [6, 6.07) is 0. The fourth-order valence-electron chi connectivity index (χ4n) is 5.95. The molecule has 16 nitrogen and oxygen atoms in total. The van der Waals surface area contributed by atoms with Crippen LogP contribution in [0.4, 0.5) is 0 Å². The number of methoxy groups -OCH3 is 11. The fraction of sp³-hybridized carbons (Fsp3) is 0.966. The lowest BCUT2D eigenvalue weighted by atomic mass is 9.96. The molecule has 0 saturated carbocycles. The second kappa shape index (κ2) is 21.1. The summed E-state index contributed by atoms with van der Waals surface area (Å²) in [5.41, 5.74) is 0. The second-order valence-corrected chi connectivity index (χ2v) is 10.4. The minimum absolute atomic E-state index is 0.0451. The summed E-state index contributed by atoms with van der Waals surface area (Å²) < 4.78 is 87.7. The fourth-order valence-corrected chi connectivity index (χ4v) is 5.95. The molecule has 2 aliphatic rings. The molecule has 14 atom stereocenters. The highest BCUT2D eigenvalue weighted by Gasteiger charge is 2.54. The van der Waals surface area contributed by atoms with Crippen LogP contribution in [0.5, 0.6) is 0 Å². The number of aldehydes is 1. The summed E-state index contributed by atoms with van der Waals surface area (Å²) in [4.78, 5) is 11.6. The first-order valence-electron chi connectivity index (χ1n) is 14.6. The minimum Gasteiger partial charge on any atom is -0.382 e. The summed E-state index contributed by atoms with van der Waals surface area (Å²) in [6.45, 7) is 0.329. The van der Waals surface area contributed by atoms with Crippen molar-refractivity contribution in [2.45, 2.75) is 85.8 Å². The summed E-state index contributed by atoms with van der Waals surface area (Å²) in [6.07, 6.45) is -9.64. The SMILES string of the molecule is COC[C@H]1O[C@@H](O[C@@H]2[C@@H](OC)[C@H](OC[C@@H](OC)[C@@H](OC)[C@H](OC)[C@H](C=O)OC)O[C@H](COC)[C@H]2OC)[C@H](OC)[C@@H](OC)[C@@H]1OC. The Hall–Kier alpha value is -0.930. The van der Waals surface area contributed by atoms with Gasteiger partial charge in [0.1, 0.15) is 73.2 Å². The van der Waals surface area contributed by atoms with Crippen molar-refractivity contribution >= 4 is 6.29 Å². The zero-order valence-corrected chi connectivity index (χ0v) is 28.3. The van der Waals surface area contributed by atoms with Gasteiger partial charge < -0.3 is 75.8 Å². The normalized spacial score (nSPS) is 35.1. The van der Waals surface area contributed by atoms with E-state index in [0.717, 1.165) is 0 Å². The summed E-state index contributed by atoms with van der Waals surface area (Å²) in [5, 5.41) is 0. The monoisotopic (exact) mass is 658 g/mol. The molecule has 2 saturated heterocycles. The van der Waals surface area contributed by atoms with Crippen LogP contribution in [0.15, 0.2) is 0 Å². The molecule has 16 heteroatoms. The van der Waals surface area contributed by atoms with Crippen molar-refractivity contribution in [3.63, 3.8) is 0 Å². The molecule has 0 N–H and O–H groups in total. The number of rotatable bonds is 22. The number of ether oxygens (including phenoxy) is 15. The molecule has 0 aromatic rings. The van der Waals surface area contributed by atoms with Crippen molar-refractivity contribution in [1.29, 1.82) is 0 Å². The van der Waals surface area contributed by atoms with Crippen molar-refractivity contribution in [3.05, 3.63) is 0 Å². The zero-order chi connectivity index (χ0) is 33.5. The third kappa shape index (κ3) is 9.81. The van der Waals surface area contributed by atoms with Gasteiger partial charge in [-0.3, -0.25) is 0 Å². The van der Waals surface area contributed by atoms with E-state index in [-0.39, 0.29) is 19.8 Å². The molecule has 0 aliphatic carbocycles. The van der Waals surface area contributed by atoms with Gasteiger partial charge in [-0.25, -0.2) is 0 Å². The predicted molar refractivity (Wildman–Crippen MR) is 155 cm³/mol. The van der Waals surface area contributed by atoms with Gasteiger partial charge in [-0.15, -0.1) is 0 Å². The molecule has 2 fully saturated rings. The van der Waals surface area contributed by atoms with Crippen LogP contribution in [0.25, 0.3) is 0 Å². The molecule has 0 aromatic carbocycles. The van der Waals surface area contributed by atoms with Crippen LogP contribution in [0.2, 0.25) is 0 Å².